The van der Waals surface area contributed by atoms with Crippen molar-refractivity contribution in [3.8, 4) is 6.07 Å². The fourth-order valence-electron chi connectivity index (χ4n) is 4.01. The number of hydrogen-bond acceptors (Lipinski definition) is 5. The summed E-state index contributed by atoms with van der Waals surface area (Å²) in [5.74, 6) is -0.867. The quantitative estimate of drug-likeness (QED) is 0.518. The lowest BCUT2D eigenvalue weighted by Gasteiger charge is -2.40. The number of urea groups is 1. The summed E-state index contributed by atoms with van der Waals surface area (Å²) in [6.45, 7) is -0.191. The second-order valence-electron chi connectivity index (χ2n) is 7.31. The van der Waals surface area contributed by atoms with Crippen LogP contribution in [0.15, 0.2) is 60.9 Å². The van der Waals surface area contributed by atoms with E-state index in [0.29, 0.717) is 21.5 Å². The van der Waals surface area contributed by atoms with Crippen LogP contribution in [0.4, 0.5) is 14.9 Å². The molecule has 1 aromatic heterocycles. The smallest absolute Gasteiger partial charge is 0.302 e. The number of carbonyl (C=O) groups is 2. The first-order valence-electron chi connectivity index (χ1n) is 9.68. The molecule has 6 nitrogen and oxygen atoms in total. The lowest BCUT2D eigenvalue weighted by Crippen LogP contribution is -2.62. The van der Waals surface area contributed by atoms with Crippen LogP contribution in [0, 0.1) is 17.1 Å². The van der Waals surface area contributed by atoms with Crippen LogP contribution < -0.4 is 4.90 Å². The van der Waals surface area contributed by atoms with Crippen molar-refractivity contribution in [1.82, 2.24) is 9.88 Å². The van der Waals surface area contributed by atoms with E-state index in [9.17, 15) is 19.2 Å². The molecule has 0 N–H and O–H groups in total. The van der Waals surface area contributed by atoms with Gasteiger partial charge in [-0.15, -0.1) is 11.8 Å². The maximum absolute atomic E-state index is 13.5. The third-order valence-corrected chi connectivity index (χ3v) is 7.13. The summed E-state index contributed by atoms with van der Waals surface area (Å²) in [4.78, 5) is 34.3. The number of anilines is 1. The number of amides is 3. The zero-order chi connectivity index (χ0) is 22.4. The third kappa shape index (κ3) is 3.22. The minimum absolute atomic E-state index is 0.191. The van der Waals surface area contributed by atoms with Gasteiger partial charge in [-0.1, -0.05) is 35.9 Å². The SMILES string of the molecule is N#CCN1C(=O)N(c2cncc3ccccc23)C(=O)C2SC(c3ccc(F)cc3Cl)=CC21. The van der Waals surface area contributed by atoms with Gasteiger partial charge in [0.15, 0.2) is 0 Å². The van der Waals surface area contributed by atoms with Gasteiger partial charge < -0.3 is 4.90 Å². The van der Waals surface area contributed by atoms with Crippen molar-refractivity contribution in [1.29, 1.82) is 5.26 Å². The lowest BCUT2D eigenvalue weighted by atomic mass is 10.0. The Morgan fingerprint density at radius 2 is 2.00 bits per heavy atom. The molecule has 0 spiro atoms. The normalized spacial score (nSPS) is 20.3. The molecule has 0 saturated carbocycles. The molecule has 0 bridgehead atoms. The molecule has 2 atom stereocenters. The summed E-state index contributed by atoms with van der Waals surface area (Å²) in [6, 6.07) is 12.2. The molecule has 32 heavy (non-hydrogen) atoms. The Bertz CT molecular complexity index is 1350. The maximum atomic E-state index is 13.5. The third-order valence-electron chi connectivity index (χ3n) is 5.47. The molecular weight excluding hydrogens is 451 g/mol. The molecule has 5 rings (SSSR count). The molecule has 3 aromatic rings. The molecule has 1 fully saturated rings. The molecular formula is C23H14ClFN4O2S. The molecule has 3 amide bonds. The van der Waals surface area contributed by atoms with Crippen molar-refractivity contribution in [2.24, 2.45) is 0 Å². The molecule has 2 aliphatic rings. The van der Waals surface area contributed by atoms with Crippen LogP contribution in [0.1, 0.15) is 5.56 Å². The number of aromatic nitrogens is 1. The number of pyridine rings is 1. The van der Waals surface area contributed by atoms with Crippen LogP contribution >= 0.6 is 23.4 Å². The van der Waals surface area contributed by atoms with Crippen LogP contribution in [0.5, 0.6) is 0 Å². The van der Waals surface area contributed by atoms with Gasteiger partial charge in [0, 0.05) is 27.4 Å². The van der Waals surface area contributed by atoms with Gasteiger partial charge in [0.2, 0.25) is 0 Å². The standard InChI is InChI=1S/C23H14ClFN4O2S/c24-17-9-14(25)5-6-16(17)20-10-18-21(32-20)22(30)29(23(31)28(18)8-7-26)19-12-27-11-13-3-1-2-4-15(13)19/h1-6,9-12,18,21H,8H2. The Labute approximate surface area is 191 Å². The van der Waals surface area contributed by atoms with Crippen molar-refractivity contribution in [3.63, 3.8) is 0 Å². The summed E-state index contributed by atoms with van der Waals surface area (Å²) in [5.41, 5.74) is 0.941. The number of halogens is 2. The minimum atomic E-state index is -0.670. The fraction of sp³-hybridized carbons (Fsp3) is 0.130. The summed E-state index contributed by atoms with van der Waals surface area (Å²) in [5, 5.41) is 10.4. The molecule has 9 heteroatoms. The Morgan fingerprint density at radius 3 is 2.78 bits per heavy atom. The summed E-state index contributed by atoms with van der Waals surface area (Å²) < 4.78 is 13.5. The van der Waals surface area contributed by atoms with Crippen LogP contribution in [0.2, 0.25) is 5.02 Å². The molecule has 2 aromatic carbocycles. The fourth-order valence-corrected chi connectivity index (χ4v) is 5.70. The number of nitrogens with zero attached hydrogens (tertiary/aromatic N) is 4. The van der Waals surface area contributed by atoms with Crippen molar-refractivity contribution >= 4 is 56.7 Å². The second kappa shape index (κ2) is 7.93. The van der Waals surface area contributed by atoms with E-state index in [1.165, 1.54) is 35.0 Å². The van der Waals surface area contributed by atoms with E-state index >= 15 is 0 Å². The monoisotopic (exact) mass is 464 g/mol. The summed E-state index contributed by atoms with van der Waals surface area (Å²) >= 11 is 7.48. The predicted octanol–water partition coefficient (Wildman–Crippen LogP) is 4.84. The molecule has 2 aliphatic heterocycles. The molecule has 0 aliphatic carbocycles. The van der Waals surface area contributed by atoms with E-state index in [-0.39, 0.29) is 11.6 Å². The van der Waals surface area contributed by atoms with Gasteiger partial charge in [-0.25, -0.2) is 14.1 Å². The van der Waals surface area contributed by atoms with Crippen molar-refractivity contribution in [2.75, 3.05) is 11.4 Å². The number of hydrogen-bond donors (Lipinski definition) is 0. The van der Waals surface area contributed by atoms with Gasteiger partial charge >= 0.3 is 6.03 Å². The van der Waals surface area contributed by atoms with E-state index in [1.54, 1.807) is 18.3 Å². The molecule has 158 valence electrons. The minimum Gasteiger partial charge on any atom is -0.302 e. The number of carbonyl (C=O) groups excluding carboxylic acids is 2. The van der Waals surface area contributed by atoms with Gasteiger partial charge in [0.1, 0.15) is 17.6 Å². The van der Waals surface area contributed by atoms with Crippen LogP contribution in [-0.4, -0.2) is 39.7 Å². The zero-order valence-corrected chi connectivity index (χ0v) is 18.0. The Hall–Kier alpha value is -3.41. The highest BCUT2D eigenvalue weighted by molar-refractivity contribution is 8.09. The number of fused-ring (bicyclic) bond motifs is 2. The highest BCUT2D eigenvalue weighted by atomic mass is 35.5. The first kappa shape index (κ1) is 20.5. The number of thioether (sulfide) groups is 1. The van der Waals surface area contributed by atoms with E-state index in [0.717, 1.165) is 10.3 Å². The van der Waals surface area contributed by atoms with Crippen molar-refractivity contribution in [3.05, 3.63) is 77.3 Å². The average molecular weight is 465 g/mol. The van der Waals surface area contributed by atoms with E-state index < -0.39 is 29.0 Å². The van der Waals surface area contributed by atoms with Gasteiger partial charge in [0.25, 0.3) is 5.91 Å². The molecule has 1 saturated heterocycles. The maximum Gasteiger partial charge on any atom is 0.332 e. The average Bonchev–Trinajstić information content (AvgIpc) is 3.22. The number of rotatable bonds is 3. The van der Waals surface area contributed by atoms with Crippen molar-refractivity contribution in [2.45, 2.75) is 11.3 Å². The number of nitriles is 1. The Balaban J connectivity index is 1.59. The van der Waals surface area contributed by atoms with Crippen LogP contribution in [0.25, 0.3) is 15.7 Å². The Kier molecular flexibility index (Phi) is 5.08. The van der Waals surface area contributed by atoms with Gasteiger partial charge in [-0.3, -0.25) is 9.78 Å². The summed E-state index contributed by atoms with van der Waals surface area (Å²) in [6.07, 6.45) is 4.89. The highest BCUT2D eigenvalue weighted by Crippen LogP contribution is 2.47. The van der Waals surface area contributed by atoms with Gasteiger partial charge in [-0.05, 0) is 24.3 Å². The van der Waals surface area contributed by atoms with Crippen molar-refractivity contribution < 1.29 is 14.0 Å². The van der Waals surface area contributed by atoms with E-state index in [1.807, 2.05) is 30.3 Å². The highest BCUT2D eigenvalue weighted by Gasteiger charge is 2.50. The number of imide groups is 1. The second-order valence-corrected chi connectivity index (χ2v) is 8.90. The number of benzene rings is 2. The van der Waals surface area contributed by atoms with Gasteiger partial charge in [-0.2, -0.15) is 5.26 Å². The lowest BCUT2D eigenvalue weighted by molar-refractivity contribution is -0.119. The summed E-state index contributed by atoms with van der Waals surface area (Å²) in [7, 11) is 0. The largest absolute Gasteiger partial charge is 0.332 e. The molecule has 3 heterocycles. The van der Waals surface area contributed by atoms with Crippen LogP contribution in [0.3, 0.4) is 0 Å². The van der Waals surface area contributed by atoms with Gasteiger partial charge in [0.05, 0.1) is 29.0 Å². The first-order valence-corrected chi connectivity index (χ1v) is 10.9. The molecule has 0 radical (unpaired) electrons. The predicted molar refractivity (Wildman–Crippen MR) is 121 cm³/mol. The van der Waals surface area contributed by atoms with E-state index in [4.69, 9.17) is 11.6 Å². The van der Waals surface area contributed by atoms with Crippen LogP contribution in [-0.2, 0) is 4.79 Å². The van der Waals surface area contributed by atoms with E-state index in [2.05, 4.69) is 4.98 Å². The zero-order valence-electron chi connectivity index (χ0n) is 16.4. The first-order chi connectivity index (χ1) is 15.5. The topological polar surface area (TPSA) is 77.3 Å². The Morgan fingerprint density at radius 1 is 1.19 bits per heavy atom. The molecule has 2 unspecified atom stereocenters.